The molecule has 3 aromatic rings. The van der Waals surface area contributed by atoms with Gasteiger partial charge in [0.2, 0.25) is 0 Å². The molecule has 28 heavy (non-hydrogen) atoms. The maximum Gasteiger partial charge on any atom is 0.311 e. The first kappa shape index (κ1) is 19.4. The third-order valence-corrected chi connectivity index (χ3v) is 4.13. The highest BCUT2D eigenvalue weighted by atomic mass is 19.2. The van der Waals surface area contributed by atoms with Crippen LogP contribution >= 0.6 is 0 Å². The summed E-state index contributed by atoms with van der Waals surface area (Å²) in [7, 11) is 0. The number of fused-ring (bicyclic) bond motifs is 1. The number of hydrogen-bond donors (Lipinski definition) is 1. The van der Waals surface area contributed by atoms with Crippen molar-refractivity contribution < 1.29 is 27.5 Å². The van der Waals surface area contributed by atoms with Gasteiger partial charge >= 0.3 is 5.97 Å². The minimum Gasteiger partial charge on any atom is -0.452 e. The van der Waals surface area contributed by atoms with E-state index in [1.807, 2.05) is 36.4 Å². The van der Waals surface area contributed by atoms with Gasteiger partial charge in [-0.3, -0.25) is 9.59 Å². The van der Waals surface area contributed by atoms with Crippen molar-refractivity contribution in [2.24, 2.45) is 0 Å². The van der Waals surface area contributed by atoms with Crippen LogP contribution in [0.5, 0.6) is 0 Å². The number of rotatable bonds is 5. The predicted octanol–water partition coefficient (Wildman–Crippen LogP) is 4.37. The van der Waals surface area contributed by atoms with Gasteiger partial charge in [-0.15, -0.1) is 0 Å². The molecule has 0 radical (unpaired) electrons. The summed E-state index contributed by atoms with van der Waals surface area (Å²) in [5.74, 6) is -6.10. The quantitative estimate of drug-likeness (QED) is 0.523. The second-order valence-electron chi connectivity index (χ2n) is 6.20. The zero-order chi connectivity index (χ0) is 20.3. The van der Waals surface area contributed by atoms with E-state index < -0.39 is 41.1 Å². The van der Waals surface area contributed by atoms with E-state index in [9.17, 15) is 22.8 Å². The molecule has 0 saturated carbocycles. The summed E-state index contributed by atoms with van der Waals surface area (Å²) in [5.41, 5.74) is 0.171. The largest absolute Gasteiger partial charge is 0.452 e. The average molecular weight is 387 g/mol. The number of esters is 1. The Morgan fingerprint density at radius 3 is 2.43 bits per heavy atom. The zero-order valence-corrected chi connectivity index (χ0v) is 14.8. The van der Waals surface area contributed by atoms with E-state index in [1.165, 1.54) is 6.92 Å². The number of carbonyl (C=O) groups is 2. The van der Waals surface area contributed by atoms with E-state index in [1.54, 1.807) is 6.07 Å². The highest BCUT2D eigenvalue weighted by Crippen LogP contribution is 2.20. The van der Waals surface area contributed by atoms with E-state index in [-0.39, 0.29) is 6.42 Å². The lowest BCUT2D eigenvalue weighted by atomic mass is 10.1. The molecular weight excluding hydrogens is 371 g/mol. The molecule has 3 rings (SSSR count). The van der Waals surface area contributed by atoms with Crippen LogP contribution < -0.4 is 5.32 Å². The van der Waals surface area contributed by atoms with Gasteiger partial charge in [0.25, 0.3) is 5.91 Å². The number of carbonyl (C=O) groups excluding carboxylic acids is 2. The molecule has 0 unspecified atom stereocenters. The first-order valence-corrected chi connectivity index (χ1v) is 8.46. The van der Waals surface area contributed by atoms with Gasteiger partial charge in [0.1, 0.15) is 0 Å². The standard InChI is InChI=1S/C21H16F3NO3/c1-12(21(27)25-17-9-8-16(22)19(23)20(17)24)28-18(26)11-13-6-7-14-4-2-3-5-15(14)10-13/h2-10,12H,11H2,1H3,(H,25,27)/t12-/m1/s1. The summed E-state index contributed by atoms with van der Waals surface area (Å²) in [4.78, 5) is 24.1. The fourth-order valence-corrected chi connectivity index (χ4v) is 2.66. The van der Waals surface area contributed by atoms with Gasteiger partial charge in [0, 0.05) is 0 Å². The Hall–Kier alpha value is -3.35. The maximum absolute atomic E-state index is 13.6. The summed E-state index contributed by atoms with van der Waals surface area (Å²) >= 11 is 0. The van der Waals surface area contributed by atoms with Crippen molar-refractivity contribution in [1.29, 1.82) is 0 Å². The van der Waals surface area contributed by atoms with Crippen LogP contribution in [0.15, 0.2) is 54.6 Å². The van der Waals surface area contributed by atoms with Crippen LogP contribution in [0, 0.1) is 17.5 Å². The molecule has 0 fully saturated rings. The second kappa shape index (κ2) is 8.12. The molecule has 0 aliphatic rings. The van der Waals surface area contributed by atoms with Crippen LogP contribution in [-0.4, -0.2) is 18.0 Å². The third kappa shape index (κ3) is 4.31. The van der Waals surface area contributed by atoms with E-state index in [2.05, 4.69) is 5.32 Å². The Labute approximate surface area is 158 Å². The van der Waals surface area contributed by atoms with Crippen molar-refractivity contribution in [1.82, 2.24) is 0 Å². The van der Waals surface area contributed by atoms with Crippen LogP contribution in [0.4, 0.5) is 18.9 Å². The SMILES string of the molecule is C[C@@H](OC(=O)Cc1ccc2ccccc2c1)C(=O)Nc1ccc(F)c(F)c1F. The summed E-state index contributed by atoms with van der Waals surface area (Å²) in [5, 5.41) is 4.07. The Morgan fingerprint density at radius 1 is 0.964 bits per heavy atom. The minimum atomic E-state index is -1.70. The first-order valence-electron chi connectivity index (χ1n) is 8.46. The van der Waals surface area contributed by atoms with Gasteiger partial charge in [-0.1, -0.05) is 42.5 Å². The Kier molecular flexibility index (Phi) is 5.63. The molecule has 3 aromatic carbocycles. The average Bonchev–Trinajstić information content (AvgIpc) is 2.68. The second-order valence-corrected chi connectivity index (χ2v) is 6.20. The van der Waals surface area contributed by atoms with E-state index >= 15 is 0 Å². The molecule has 1 amide bonds. The highest BCUT2D eigenvalue weighted by Gasteiger charge is 2.21. The van der Waals surface area contributed by atoms with Crippen LogP contribution in [0.2, 0.25) is 0 Å². The van der Waals surface area contributed by atoms with Crippen LogP contribution in [0.1, 0.15) is 12.5 Å². The van der Waals surface area contributed by atoms with Crippen molar-refractivity contribution in [2.45, 2.75) is 19.4 Å². The van der Waals surface area contributed by atoms with Crippen molar-refractivity contribution >= 4 is 28.3 Å². The monoisotopic (exact) mass is 387 g/mol. The predicted molar refractivity (Wildman–Crippen MR) is 98.2 cm³/mol. The lowest BCUT2D eigenvalue weighted by Crippen LogP contribution is -2.31. The highest BCUT2D eigenvalue weighted by molar-refractivity contribution is 5.95. The molecule has 4 nitrogen and oxygen atoms in total. The van der Waals surface area contributed by atoms with Crippen LogP contribution in [0.3, 0.4) is 0 Å². The van der Waals surface area contributed by atoms with Crippen molar-refractivity contribution in [3.8, 4) is 0 Å². The van der Waals surface area contributed by atoms with Gasteiger partial charge < -0.3 is 10.1 Å². The van der Waals surface area contributed by atoms with Gasteiger partial charge in [0.05, 0.1) is 12.1 Å². The number of halogens is 3. The molecule has 0 saturated heterocycles. The topological polar surface area (TPSA) is 55.4 Å². The molecule has 144 valence electrons. The molecule has 0 heterocycles. The number of ether oxygens (including phenoxy) is 1. The lowest BCUT2D eigenvalue weighted by Gasteiger charge is -2.14. The molecule has 0 spiro atoms. The Morgan fingerprint density at radius 2 is 1.68 bits per heavy atom. The maximum atomic E-state index is 13.6. The molecule has 0 aromatic heterocycles. The summed E-state index contributed by atoms with van der Waals surface area (Å²) < 4.78 is 44.8. The van der Waals surface area contributed by atoms with Crippen molar-refractivity contribution in [2.75, 3.05) is 5.32 Å². The fraction of sp³-hybridized carbons (Fsp3) is 0.143. The Bertz CT molecular complexity index is 1050. The third-order valence-electron chi connectivity index (χ3n) is 4.13. The van der Waals surface area contributed by atoms with E-state index in [4.69, 9.17) is 4.74 Å². The van der Waals surface area contributed by atoms with Gasteiger partial charge in [-0.2, -0.15) is 0 Å². The Balaban J connectivity index is 1.61. The van der Waals surface area contributed by atoms with Crippen LogP contribution in [0.25, 0.3) is 10.8 Å². The fourth-order valence-electron chi connectivity index (χ4n) is 2.66. The van der Waals surface area contributed by atoms with Gasteiger partial charge in [-0.25, -0.2) is 13.2 Å². The summed E-state index contributed by atoms with van der Waals surface area (Å²) in [6.45, 7) is 1.30. The van der Waals surface area contributed by atoms with Gasteiger partial charge in [0.15, 0.2) is 23.6 Å². The smallest absolute Gasteiger partial charge is 0.311 e. The molecule has 7 heteroatoms. The number of anilines is 1. The number of benzene rings is 3. The van der Waals surface area contributed by atoms with Crippen molar-refractivity contribution in [3.05, 3.63) is 77.6 Å². The normalized spacial score (nSPS) is 11.9. The number of amides is 1. The molecule has 1 N–H and O–H groups in total. The molecule has 0 aliphatic carbocycles. The molecule has 0 bridgehead atoms. The summed E-state index contributed by atoms with van der Waals surface area (Å²) in [6, 6.07) is 14.7. The molecule has 0 aliphatic heterocycles. The first-order chi connectivity index (χ1) is 13.3. The molecule has 1 atom stereocenters. The molecular formula is C21H16F3NO3. The summed E-state index contributed by atoms with van der Waals surface area (Å²) in [6.07, 6.45) is -1.30. The van der Waals surface area contributed by atoms with Gasteiger partial charge in [-0.05, 0) is 35.4 Å². The number of nitrogens with one attached hydrogen (secondary N) is 1. The van der Waals surface area contributed by atoms with Crippen LogP contribution in [-0.2, 0) is 20.7 Å². The lowest BCUT2D eigenvalue weighted by molar-refractivity contribution is -0.152. The van der Waals surface area contributed by atoms with E-state index in [0.29, 0.717) is 11.6 Å². The minimum absolute atomic E-state index is 0.0536. The van der Waals surface area contributed by atoms with Crippen molar-refractivity contribution in [3.63, 3.8) is 0 Å². The zero-order valence-electron chi connectivity index (χ0n) is 14.8. The van der Waals surface area contributed by atoms with E-state index in [0.717, 1.165) is 16.8 Å². The number of hydrogen-bond acceptors (Lipinski definition) is 3.